The lowest BCUT2D eigenvalue weighted by molar-refractivity contribution is -0.127. The van der Waals surface area contributed by atoms with Gasteiger partial charge in [-0.15, -0.1) is 24.0 Å². The number of rotatable bonds is 6. The average Bonchev–Trinajstić information content (AvgIpc) is 3.09. The Bertz CT molecular complexity index is 637. The summed E-state index contributed by atoms with van der Waals surface area (Å²) in [5.74, 6) is 2.57. The van der Waals surface area contributed by atoms with E-state index in [9.17, 15) is 4.79 Å². The van der Waals surface area contributed by atoms with E-state index in [0.29, 0.717) is 17.7 Å². The standard InChI is InChI=1S/C22H34N4O.HI/c1-3-23-22(24-13-8-15-25-14-7-11-21(25)27)26-16-12-20(18(2)17-26)19-9-5-4-6-10-19;/h4-6,9-10,18,20H,3,7-8,11-17H2,1-2H3,(H,23,24);1H. The molecule has 0 aromatic heterocycles. The van der Waals surface area contributed by atoms with Crippen LogP contribution in [0, 0.1) is 5.92 Å². The van der Waals surface area contributed by atoms with Crippen LogP contribution < -0.4 is 5.32 Å². The summed E-state index contributed by atoms with van der Waals surface area (Å²) in [4.78, 5) is 20.9. The molecule has 1 aromatic rings. The van der Waals surface area contributed by atoms with E-state index in [-0.39, 0.29) is 24.0 Å². The van der Waals surface area contributed by atoms with Crippen molar-refractivity contribution in [3.8, 4) is 0 Å². The molecule has 1 amide bonds. The third kappa shape index (κ3) is 6.09. The van der Waals surface area contributed by atoms with Crippen molar-refractivity contribution in [2.45, 2.75) is 45.4 Å². The van der Waals surface area contributed by atoms with Crippen LogP contribution in [0.15, 0.2) is 35.3 Å². The molecule has 2 aliphatic rings. The van der Waals surface area contributed by atoms with E-state index in [1.165, 1.54) is 5.56 Å². The smallest absolute Gasteiger partial charge is 0.222 e. The second-order valence-electron chi connectivity index (χ2n) is 7.80. The Morgan fingerprint density at radius 1 is 1.25 bits per heavy atom. The lowest BCUT2D eigenvalue weighted by Crippen LogP contribution is -2.48. The predicted molar refractivity (Wildman–Crippen MR) is 126 cm³/mol. The molecule has 5 nitrogen and oxygen atoms in total. The van der Waals surface area contributed by atoms with Crippen LogP contribution in [0.4, 0.5) is 0 Å². The quantitative estimate of drug-likeness (QED) is 0.282. The van der Waals surface area contributed by atoms with Crippen LogP contribution in [0.25, 0.3) is 0 Å². The second kappa shape index (κ2) is 11.6. The Balaban J connectivity index is 0.00000280. The highest BCUT2D eigenvalue weighted by molar-refractivity contribution is 14.0. The molecule has 2 unspecified atom stereocenters. The largest absolute Gasteiger partial charge is 0.357 e. The van der Waals surface area contributed by atoms with Gasteiger partial charge in [-0.2, -0.15) is 0 Å². The van der Waals surface area contributed by atoms with Crippen molar-refractivity contribution < 1.29 is 4.79 Å². The Morgan fingerprint density at radius 3 is 2.68 bits per heavy atom. The van der Waals surface area contributed by atoms with Gasteiger partial charge in [0.1, 0.15) is 0 Å². The van der Waals surface area contributed by atoms with Crippen molar-refractivity contribution >= 4 is 35.8 Å². The van der Waals surface area contributed by atoms with E-state index in [1.807, 2.05) is 4.90 Å². The number of likely N-dealkylation sites (tertiary alicyclic amines) is 2. The van der Waals surface area contributed by atoms with Crippen LogP contribution >= 0.6 is 24.0 Å². The van der Waals surface area contributed by atoms with Crippen molar-refractivity contribution in [2.75, 3.05) is 39.3 Å². The highest BCUT2D eigenvalue weighted by Crippen LogP contribution is 2.32. The van der Waals surface area contributed by atoms with Gasteiger partial charge in [-0.3, -0.25) is 9.79 Å². The zero-order chi connectivity index (χ0) is 19.1. The minimum atomic E-state index is 0. The SMILES string of the molecule is CCNC(=NCCCN1CCCC1=O)N1CCC(c2ccccc2)C(C)C1.I. The fraction of sp³-hybridized carbons (Fsp3) is 0.636. The highest BCUT2D eigenvalue weighted by Gasteiger charge is 2.28. The second-order valence-corrected chi connectivity index (χ2v) is 7.80. The van der Waals surface area contributed by atoms with Crippen molar-refractivity contribution in [2.24, 2.45) is 10.9 Å². The van der Waals surface area contributed by atoms with Gasteiger partial charge in [0.15, 0.2) is 5.96 Å². The maximum Gasteiger partial charge on any atom is 0.222 e. The number of nitrogens with one attached hydrogen (secondary N) is 1. The molecule has 2 atom stereocenters. The molecule has 0 radical (unpaired) electrons. The van der Waals surface area contributed by atoms with Crippen LogP contribution in [-0.4, -0.2) is 60.9 Å². The third-order valence-electron chi connectivity index (χ3n) is 5.79. The van der Waals surface area contributed by atoms with Crippen LogP contribution in [0.5, 0.6) is 0 Å². The van der Waals surface area contributed by atoms with Crippen LogP contribution in [0.2, 0.25) is 0 Å². The van der Waals surface area contributed by atoms with Gasteiger partial charge >= 0.3 is 0 Å². The fourth-order valence-corrected chi connectivity index (χ4v) is 4.35. The van der Waals surface area contributed by atoms with E-state index in [0.717, 1.165) is 70.9 Å². The number of hydrogen-bond acceptors (Lipinski definition) is 2. The Labute approximate surface area is 187 Å². The number of benzene rings is 1. The summed E-state index contributed by atoms with van der Waals surface area (Å²) in [6.07, 6.45) is 3.84. The van der Waals surface area contributed by atoms with Crippen LogP contribution in [-0.2, 0) is 4.79 Å². The zero-order valence-electron chi connectivity index (χ0n) is 17.3. The molecular weight excluding hydrogens is 463 g/mol. The van der Waals surface area contributed by atoms with Gasteiger partial charge in [0.05, 0.1) is 0 Å². The first-order chi connectivity index (χ1) is 13.2. The van der Waals surface area contributed by atoms with E-state index < -0.39 is 0 Å². The van der Waals surface area contributed by atoms with Gasteiger partial charge in [0.2, 0.25) is 5.91 Å². The number of piperidine rings is 1. The molecule has 0 spiro atoms. The monoisotopic (exact) mass is 498 g/mol. The summed E-state index contributed by atoms with van der Waals surface area (Å²) in [5.41, 5.74) is 1.46. The van der Waals surface area contributed by atoms with Crippen LogP contribution in [0.3, 0.4) is 0 Å². The Morgan fingerprint density at radius 2 is 2.04 bits per heavy atom. The van der Waals surface area contributed by atoms with Gasteiger partial charge in [-0.05, 0) is 43.6 Å². The fourth-order valence-electron chi connectivity index (χ4n) is 4.35. The zero-order valence-corrected chi connectivity index (χ0v) is 19.6. The van der Waals surface area contributed by atoms with Crippen LogP contribution in [0.1, 0.15) is 51.0 Å². The number of nitrogens with zero attached hydrogens (tertiary/aromatic N) is 3. The molecular formula is C22H35IN4O. The normalized spacial score (nSPS) is 22.9. The summed E-state index contributed by atoms with van der Waals surface area (Å²) < 4.78 is 0. The Hall–Kier alpha value is -1.31. The van der Waals surface area contributed by atoms with Gasteiger partial charge in [-0.1, -0.05) is 37.3 Å². The average molecular weight is 498 g/mol. The molecule has 2 heterocycles. The predicted octanol–water partition coefficient (Wildman–Crippen LogP) is 3.71. The molecule has 2 fully saturated rings. The van der Waals surface area contributed by atoms with Gasteiger partial charge in [0.25, 0.3) is 0 Å². The minimum absolute atomic E-state index is 0. The molecule has 6 heteroatoms. The van der Waals surface area contributed by atoms with Crippen molar-refractivity contribution in [3.63, 3.8) is 0 Å². The third-order valence-corrected chi connectivity index (χ3v) is 5.79. The first kappa shape index (κ1) is 23.0. The molecule has 0 bridgehead atoms. The van der Waals surface area contributed by atoms with E-state index in [4.69, 9.17) is 4.99 Å². The topological polar surface area (TPSA) is 47.9 Å². The summed E-state index contributed by atoms with van der Waals surface area (Å²) in [7, 11) is 0. The number of hydrogen-bond donors (Lipinski definition) is 1. The number of aliphatic imine (C=N–C) groups is 1. The molecule has 28 heavy (non-hydrogen) atoms. The molecule has 1 N–H and O–H groups in total. The molecule has 156 valence electrons. The number of halogens is 1. The molecule has 0 aliphatic carbocycles. The van der Waals surface area contributed by atoms with E-state index >= 15 is 0 Å². The first-order valence-electron chi connectivity index (χ1n) is 10.5. The molecule has 2 aliphatic heterocycles. The lowest BCUT2D eigenvalue weighted by Gasteiger charge is -2.39. The van der Waals surface area contributed by atoms with E-state index in [2.05, 4.69) is 54.4 Å². The summed E-state index contributed by atoms with van der Waals surface area (Å²) in [6.45, 7) is 9.98. The number of carbonyl (C=O) groups is 1. The molecule has 2 saturated heterocycles. The summed E-state index contributed by atoms with van der Waals surface area (Å²) >= 11 is 0. The van der Waals surface area contributed by atoms with Gasteiger partial charge < -0.3 is 15.1 Å². The highest BCUT2D eigenvalue weighted by atomic mass is 127. The summed E-state index contributed by atoms with van der Waals surface area (Å²) in [5, 5.41) is 3.46. The van der Waals surface area contributed by atoms with E-state index in [1.54, 1.807) is 0 Å². The first-order valence-corrected chi connectivity index (χ1v) is 10.5. The van der Waals surface area contributed by atoms with Crippen molar-refractivity contribution in [3.05, 3.63) is 35.9 Å². The number of guanidine groups is 1. The number of amides is 1. The number of carbonyl (C=O) groups excluding carboxylic acids is 1. The van der Waals surface area contributed by atoms with Crippen molar-refractivity contribution in [1.29, 1.82) is 0 Å². The molecule has 3 rings (SSSR count). The van der Waals surface area contributed by atoms with Crippen molar-refractivity contribution in [1.82, 2.24) is 15.1 Å². The van der Waals surface area contributed by atoms with Gasteiger partial charge in [0, 0.05) is 45.7 Å². The summed E-state index contributed by atoms with van der Waals surface area (Å²) in [6, 6.07) is 10.9. The van der Waals surface area contributed by atoms with Gasteiger partial charge in [-0.25, -0.2) is 0 Å². The Kier molecular flexibility index (Phi) is 9.55. The molecule has 1 aromatic carbocycles. The minimum Gasteiger partial charge on any atom is -0.357 e. The lowest BCUT2D eigenvalue weighted by atomic mass is 9.82. The maximum absolute atomic E-state index is 11.7. The maximum atomic E-state index is 11.7. The molecule has 0 saturated carbocycles.